The number of hydrogen-bond acceptors (Lipinski definition) is 3. The van der Waals surface area contributed by atoms with Crippen molar-refractivity contribution in [3.8, 4) is 0 Å². The first kappa shape index (κ1) is 17.8. The molecule has 2 N–H and O–H groups in total. The van der Waals surface area contributed by atoms with Crippen molar-refractivity contribution >= 4 is 15.8 Å². The number of rotatable bonds is 5. The first-order valence-electron chi connectivity index (χ1n) is 8.01. The molecule has 1 aliphatic heterocycles. The Morgan fingerprint density at radius 1 is 1.30 bits per heavy atom. The van der Waals surface area contributed by atoms with Crippen LogP contribution in [0.15, 0.2) is 35.3 Å². The van der Waals surface area contributed by atoms with Gasteiger partial charge in [0.2, 0.25) is 0 Å². The van der Waals surface area contributed by atoms with Crippen LogP contribution in [0, 0.1) is 5.41 Å². The SMILES string of the molecule is CN=C(NCC(C)(C)Cc1ccccc1)NC1CCS(=O)(=O)C1. The highest BCUT2D eigenvalue weighted by molar-refractivity contribution is 7.91. The normalized spacial score (nSPS) is 21.2. The lowest BCUT2D eigenvalue weighted by atomic mass is 9.86. The van der Waals surface area contributed by atoms with Gasteiger partial charge in [0.15, 0.2) is 15.8 Å². The summed E-state index contributed by atoms with van der Waals surface area (Å²) in [7, 11) is -1.17. The monoisotopic (exact) mass is 337 g/mol. The van der Waals surface area contributed by atoms with Gasteiger partial charge in [0, 0.05) is 19.6 Å². The van der Waals surface area contributed by atoms with Crippen molar-refractivity contribution in [3.05, 3.63) is 35.9 Å². The van der Waals surface area contributed by atoms with Gasteiger partial charge in [0.25, 0.3) is 0 Å². The van der Waals surface area contributed by atoms with Gasteiger partial charge in [-0.15, -0.1) is 0 Å². The lowest BCUT2D eigenvalue weighted by Gasteiger charge is -2.27. The van der Waals surface area contributed by atoms with Crippen LogP contribution in [0.25, 0.3) is 0 Å². The number of benzene rings is 1. The fourth-order valence-corrected chi connectivity index (χ4v) is 4.50. The Balaban J connectivity index is 1.85. The third-order valence-electron chi connectivity index (χ3n) is 4.06. The summed E-state index contributed by atoms with van der Waals surface area (Å²) >= 11 is 0. The van der Waals surface area contributed by atoms with Crippen LogP contribution < -0.4 is 10.6 Å². The summed E-state index contributed by atoms with van der Waals surface area (Å²) in [4.78, 5) is 4.21. The van der Waals surface area contributed by atoms with E-state index in [1.807, 2.05) is 6.07 Å². The summed E-state index contributed by atoms with van der Waals surface area (Å²) in [5.41, 5.74) is 1.38. The molecule has 0 aliphatic carbocycles. The Morgan fingerprint density at radius 3 is 2.57 bits per heavy atom. The predicted molar refractivity (Wildman–Crippen MR) is 95.5 cm³/mol. The fourth-order valence-electron chi connectivity index (χ4n) is 2.83. The molecule has 0 spiro atoms. The smallest absolute Gasteiger partial charge is 0.191 e. The third-order valence-corrected chi connectivity index (χ3v) is 5.82. The average molecular weight is 337 g/mol. The molecule has 1 aromatic carbocycles. The maximum absolute atomic E-state index is 11.5. The molecule has 0 radical (unpaired) electrons. The van der Waals surface area contributed by atoms with E-state index in [-0.39, 0.29) is 23.0 Å². The van der Waals surface area contributed by atoms with Crippen molar-refractivity contribution in [1.29, 1.82) is 0 Å². The van der Waals surface area contributed by atoms with Crippen LogP contribution in [0.2, 0.25) is 0 Å². The number of nitrogens with one attached hydrogen (secondary N) is 2. The van der Waals surface area contributed by atoms with E-state index in [9.17, 15) is 8.42 Å². The lowest BCUT2D eigenvalue weighted by molar-refractivity contribution is 0.358. The van der Waals surface area contributed by atoms with Gasteiger partial charge in [-0.3, -0.25) is 4.99 Å². The second kappa shape index (κ2) is 7.34. The third kappa shape index (κ3) is 5.86. The van der Waals surface area contributed by atoms with Crippen LogP contribution in [0.4, 0.5) is 0 Å². The van der Waals surface area contributed by atoms with E-state index >= 15 is 0 Å². The number of nitrogens with zero attached hydrogens (tertiary/aromatic N) is 1. The summed E-state index contributed by atoms with van der Waals surface area (Å²) in [6, 6.07) is 10.4. The first-order chi connectivity index (χ1) is 10.8. The first-order valence-corrected chi connectivity index (χ1v) is 9.83. The molecule has 6 heteroatoms. The zero-order valence-corrected chi connectivity index (χ0v) is 15.0. The van der Waals surface area contributed by atoms with E-state index in [2.05, 4.69) is 53.7 Å². The Bertz CT molecular complexity index is 639. The molecule has 1 aromatic rings. The molecule has 1 aliphatic rings. The quantitative estimate of drug-likeness (QED) is 0.632. The molecule has 2 rings (SSSR count). The summed E-state index contributed by atoms with van der Waals surface area (Å²) < 4.78 is 23.1. The molecule has 23 heavy (non-hydrogen) atoms. The van der Waals surface area contributed by atoms with Crippen molar-refractivity contribution in [2.24, 2.45) is 10.4 Å². The molecule has 0 saturated carbocycles. The van der Waals surface area contributed by atoms with Gasteiger partial charge in [0.05, 0.1) is 11.5 Å². The Labute approximate surface area is 139 Å². The minimum Gasteiger partial charge on any atom is -0.356 e. The summed E-state index contributed by atoms with van der Waals surface area (Å²) in [5.74, 6) is 1.13. The van der Waals surface area contributed by atoms with Crippen LogP contribution >= 0.6 is 0 Å². The molecule has 1 unspecified atom stereocenters. The average Bonchev–Trinajstić information content (AvgIpc) is 2.83. The van der Waals surface area contributed by atoms with E-state index in [1.54, 1.807) is 7.05 Å². The van der Waals surface area contributed by atoms with Crippen molar-refractivity contribution in [2.45, 2.75) is 32.7 Å². The fraction of sp³-hybridized carbons (Fsp3) is 0.588. The van der Waals surface area contributed by atoms with E-state index < -0.39 is 9.84 Å². The Kier molecular flexibility index (Phi) is 5.68. The second-order valence-corrected chi connectivity index (χ2v) is 9.23. The number of guanidine groups is 1. The molecule has 1 saturated heterocycles. The van der Waals surface area contributed by atoms with Crippen molar-refractivity contribution in [2.75, 3.05) is 25.1 Å². The molecular weight excluding hydrogens is 310 g/mol. The minimum atomic E-state index is -2.88. The van der Waals surface area contributed by atoms with Crippen molar-refractivity contribution in [3.63, 3.8) is 0 Å². The highest BCUT2D eigenvalue weighted by Gasteiger charge is 2.28. The lowest BCUT2D eigenvalue weighted by Crippen LogP contribution is -2.47. The van der Waals surface area contributed by atoms with Crippen molar-refractivity contribution < 1.29 is 8.42 Å². The molecule has 128 valence electrons. The second-order valence-electron chi connectivity index (χ2n) is 7.00. The summed E-state index contributed by atoms with van der Waals surface area (Å²) in [5, 5.41) is 6.55. The number of sulfone groups is 1. The van der Waals surface area contributed by atoms with Crippen LogP contribution in [0.5, 0.6) is 0 Å². The van der Waals surface area contributed by atoms with Gasteiger partial charge >= 0.3 is 0 Å². The van der Waals surface area contributed by atoms with Gasteiger partial charge < -0.3 is 10.6 Å². The van der Waals surface area contributed by atoms with Crippen LogP contribution in [0.1, 0.15) is 25.8 Å². The van der Waals surface area contributed by atoms with Gasteiger partial charge in [-0.1, -0.05) is 44.2 Å². The van der Waals surface area contributed by atoms with Gasteiger partial charge in [-0.05, 0) is 23.8 Å². The van der Waals surface area contributed by atoms with Gasteiger partial charge in [-0.2, -0.15) is 0 Å². The summed E-state index contributed by atoms with van der Waals surface area (Å²) in [6.45, 7) is 5.18. The molecule has 0 amide bonds. The molecule has 1 fully saturated rings. The van der Waals surface area contributed by atoms with Crippen LogP contribution in [0.3, 0.4) is 0 Å². The molecule has 5 nitrogen and oxygen atoms in total. The maximum Gasteiger partial charge on any atom is 0.191 e. The Morgan fingerprint density at radius 2 is 2.00 bits per heavy atom. The molecule has 0 bridgehead atoms. The maximum atomic E-state index is 11.5. The zero-order valence-electron chi connectivity index (χ0n) is 14.2. The van der Waals surface area contributed by atoms with Gasteiger partial charge in [0.1, 0.15) is 0 Å². The zero-order chi connectivity index (χ0) is 16.9. The predicted octanol–water partition coefficient (Wildman–Crippen LogP) is 1.61. The topological polar surface area (TPSA) is 70.6 Å². The van der Waals surface area contributed by atoms with Crippen LogP contribution in [-0.4, -0.2) is 45.5 Å². The highest BCUT2D eigenvalue weighted by Crippen LogP contribution is 2.20. The Hall–Kier alpha value is -1.56. The largest absolute Gasteiger partial charge is 0.356 e. The van der Waals surface area contributed by atoms with Crippen LogP contribution in [-0.2, 0) is 16.3 Å². The van der Waals surface area contributed by atoms with Crippen molar-refractivity contribution in [1.82, 2.24) is 10.6 Å². The number of aliphatic imine (C=N–C) groups is 1. The van der Waals surface area contributed by atoms with E-state index in [4.69, 9.17) is 0 Å². The molecule has 1 heterocycles. The van der Waals surface area contributed by atoms with E-state index in [0.29, 0.717) is 12.4 Å². The van der Waals surface area contributed by atoms with E-state index in [0.717, 1.165) is 13.0 Å². The molecule has 0 aromatic heterocycles. The number of hydrogen-bond donors (Lipinski definition) is 2. The van der Waals surface area contributed by atoms with Gasteiger partial charge in [-0.25, -0.2) is 8.42 Å². The summed E-state index contributed by atoms with van der Waals surface area (Å²) in [6.07, 6.45) is 1.62. The standard InChI is InChI=1S/C17H27N3O2S/c1-17(2,11-14-7-5-4-6-8-14)13-19-16(18-3)20-15-9-10-23(21,22)12-15/h4-8,15H,9-13H2,1-3H3,(H2,18,19,20). The molecular formula is C17H27N3O2S. The minimum absolute atomic E-state index is 0.0385. The molecule has 1 atom stereocenters. The highest BCUT2D eigenvalue weighted by atomic mass is 32.2. The van der Waals surface area contributed by atoms with E-state index in [1.165, 1.54) is 5.56 Å².